The SMILES string of the molecule is CN(C)CCn1ccnc1[C@H]1CCCN(c2cccc(C(=O)O)n2)C1. The molecule has 2 aromatic heterocycles. The highest BCUT2D eigenvalue weighted by Gasteiger charge is 2.25. The molecular formula is C18H25N5O2. The third-order valence-corrected chi connectivity index (χ3v) is 4.60. The summed E-state index contributed by atoms with van der Waals surface area (Å²) in [6.07, 6.45) is 6.05. The molecule has 0 spiro atoms. The van der Waals surface area contributed by atoms with E-state index in [-0.39, 0.29) is 5.69 Å². The first-order valence-corrected chi connectivity index (χ1v) is 8.65. The Bertz CT molecular complexity index is 728. The van der Waals surface area contributed by atoms with Crippen LogP contribution >= 0.6 is 0 Å². The minimum atomic E-state index is -0.991. The number of carboxylic acids is 1. The summed E-state index contributed by atoms with van der Waals surface area (Å²) < 4.78 is 2.23. The number of nitrogens with zero attached hydrogens (tertiary/aromatic N) is 5. The van der Waals surface area contributed by atoms with Gasteiger partial charge in [0.2, 0.25) is 0 Å². The molecule has 0 saturated carbocycles. The Hall–Kier alpha value is -2.41. The lowest BCUT2D eigenvalue weighted by Crippen LogP contribution is -2.36. The normalized spacial score (nSPS) is 17.9. The number of pyridine rings is 1. The van der Waals surface area contributed by atoms with Crippen molar-refractivity contribution in [3.8, 4) is 0 Å². The molecule has 25 heavy (non-hydrogen) atoms. The summed E-state index contributed by atoms with van der Waals surface area (Å²) in [6.45, 7) is 3.60. The number of carboxylic acid groups (broad SMARTS) is 1. The zero-order valence-corrected chi connectivity index (χ0v) is 14.8. The Kier molecular flexibility index (Phi) is 5.33. The molecular weight excluding hydrogens is 318 g/mol. The minimum Gasteiger partial charge on any atom is -0.477 e. The highest BCUT2D eigenvalue weighted by atomic mass is 16.4. The maximum atomic E-state index is 11.2. The van der Waals surface area contributed by atoms with E-state index < -0.39 is 5.97 Å². The number of likely N-dealkylation sites (N-methyl/N-ethyl adjacent to an activating group) is 1. The van der Waals surface area contributed by atoms with Gasteiger partial charge in [0.1, 0.15) is 11.6 Å². The number of hydrogen-bond acceptors (Lipinski definition) is 5. The Morgan fingerprint density at radius 3 is 3.00 bits per heavy atom. The molecule has 0 amide bonds. The molecule has 7 heteroatoms. The van der Waals surface area contributed by atoms with Gasteiger partial charge in [0.15, 0.2) is 5.69 Å². The Morgan fingerprint density at radius 2 is 2.24 bits per heavy atom. The summed E-state index contributed by atoms with van der Waals surface area (Å²) >= 11 is 0. The van der Waals surface area contributed by atoms with Crippen molar-refractivity contribution in [2.24, 2.45) is 0 Å². The molecule has 1 aliphatic rings. The van der Waals surface area contributed by atoms with Gasteiger partial charge in [-0.15, -0.1) is 0 Å². The maximum absolute atomic E-state index is 11.2. The van der Waals surface area contributed by atoms with Crippen molar-refractivity contribution >= 4 is 11.8 Å². The number of aromatic nitrogens is 3. The van der Waals surface area contributed by atoms with E-state index in [9.17, 15) is 4.79 Å². The zero-order valence-electron chi connectivity index (χ0n) is 14.8. The molecule has 1 N–H and O–H groups in total. The molecule has 0 aromatic carbocycles. The number of rotatable bonds is 6. The van der Waals surface area contributed by atoms with Crippen molar-refractivity contribution in [3.63, 3.8) is 0 Å². The number of anilines is 1. The maximum Gasteiger partial charge on any atom is 0.354 e. The summed E-state index contributed by atoms with van der Waals surface area (Å²) in [5.74, 6) is 1.19. The second-order valence-corrected chi connectivity index (χ2v) is 6.75. The summed E-state index contributed by atoms with van der Waals surface area (Å²) in [6, 6.07) is 5.17. The number of carbonyl (C=O) groups is 1. The summed E-state index contributed by atoms with van der Waals surface area (Å²) in [7, 11) is 4.14. The van der Waals surface area contributed by atoms with Crippen molar-refractivity contribution in [1.29, 1.82) is 0 Å². The van der Waals surface area contributed by atoms with Gasteiger partial charge >= 0.3 is 5.97 Å². The van der Waals surface area contributed by atoms with E-state index >= 15 is 0 Å². The lowest BCUT2D eigenvalue weighted by molar-refractivity contribution is 0.0690. The average molecular weight is 343 g/mol. The molecule has 1 atom stereocenters. The van der Waals surface area contributed by atoms with Crippen LogP contribution in [0.5, 0.6) is 0 Å². The minimum absolute atomic E-state index is 0.0899. The standard InChI is InChI=1S/C18H25N5O2/c1-21(2)11-12-22-10-8-19-17(22)14-5-4-9-23(13-14)16-7-3-6-15(20-16)18(24)25/h3,6-8,10,14H,4-5,9,11-13H2,1-2H3,(H,24,25)/t14-/m0/s1. The molecule has 0 bridgehead atoms. The van der Waals surface area contributed by atoms with Crippen molar-refractivity contribution in [3.05, 3.63) is 42.1 Å². The van der Waals surface area contributed by atoms with Crippen LogP contribution in [0.25, 0.3) is 0 Å². The first kappa shape index (κ1) is 17.4. The van der Waals surface area contributed by atoms with E-state index in [0.29, 0.717) is 5.92 Å². The zero-order chi connectivity index (χ0) is 17.8. The lowest BCUT2D eigenvalue weighted by atomic mass is 9.97. The number of imidazole rings is 1. The van der Waals surface area contributed by atoms with Gasteiger partial charge in [0.05, 0.1) is 0 Å². The summed E-state index contributed by atoms with van der Waals surface area (Å²) in [4.78, 5) is 24.4. The second kappa shape index (κ2) is 7.65. The topological polar surface area (TPSA) is 74.5 Å². The number of hydrogen-bond donors (Lipinski definition) is 1. The van der Waals surface area contributed by atoms with Crippen LogP contribution in [0.4, 0.5) is 5.82 Å². The third kappa shape index (κ3) is 4.17. The van der Waals surface area contributed by atoms with Gasteiger partial charge in [0, 0.05) is 44.5 Å². The average Bonchev–Trinajstić information content (AvgIpc) is 3.09. The van der Waals surface area contributed by atoms with Crippen LogP contribution in [0.15, 0.2) is 30.6 Å². The van der Waals surface area contributed by atoms with E-state index in [1.165, 1.54) is 6.07 Å². The first-order chi connectivity index (χ1) is 12.0. The summed E-state index contributed by atoms with van der Waals surface area (Å²) in [5.41, 5.74) is 0.0899. The van der Waals surface area contributed by atoms with Crippen molar-refractivity contribution in [1.82, 2.24) is 19.4 Å². The predicted molar refractivity (Wildman–Crippen MR) is 96.2 cm³/mol. The molecule has 0 unspecified atom stereocenters. The largest absolute Gasteiger partial charge is 0.477 e. The predicted octanol–water partition coefficient (Wildman–Crippen LogP) is 1.92. The molecule has 1 fully saturated rings. The van der Waals surface area contributed by atoms with Crippen LogP contribution in [-0.2, 0) is 6.54 Å². The van der Waals surface area contributed by atoms with Crippen LogP contribution in [0, 0.1) is 0 Å². The molecule has 1 aliphatic heterocycles. The molecule has 7 nitrogen and oxygen atoms in total. The van der Waals surface area contributed by atoms with Crippen molar-refractivity contribution in [2.75, 3.05) is 38.6 Å². The summed E-state index contributed by atoms with van der Waals surface area (Å²) in [5, 5.41) is 9.15. The first-order valence-electron chi connectivity index (χ1n) is 8.65. The molecule has 2 aromatic rings. The highest BCUT2D eigenvalue weighted by molar-refractivity contribution is 5.85. The third-order valence-electron chi connectivity index (χ3n) is 4.60. The fourth-order valence-corrected chi connectivity index (χ4v) is 3.29. The van der Waals surface area contributed by atoms with E-state index in [2.05, 4.69) is 38.4 Å². The van der Waals surface area contributed by atoms with Gasteiger partial charge in [-0.3, -0.25) is 0 Å². The second-order valence-electron chi connectivity index (χ2n) is 6.75. The van der Waals surface area contributed by atoms with Gasteiger partial charge in [0.25, 0.3) is 0 Å². The molecule has 0 radical (unpaired) electrons. The van der Waals surface area contributed by atoms with E-state index in [0.717, 1.165) is 50.7 Å². The van der Waals surface area contributed by atoms with Crippen molar-refractivity contribution < 1.29 is 9.90 Å². The Balaban J connectivity index is 1.75. The fourth-order valence-electron chi connectivity index (χ4n) is 3.29. The highest BCUT2D eigenvalue weighted by Crippen LogP contribution is 2.28. The lowest BCUT2D eigenvalue weighted by Gasteiger charge is -2.33. The Labute approximate surface area is 147 Å². The van der Waals surface area contributed by atoms with Crippen LogP contribution in [0.1, 0.15) is 35.1 Å². The van der Waals surface area contributed by atoms with Crippen LogP contribution < -0.4 is 4.90 Å². The van der Waals surface area contributed by atoms with Crippen molar-refractivity contribution in [2.45, 2.75) is 25.3 Å². The van der Waals surface area contributed by atoms with Gasteiger partial charge < -0.3 is 19.5 Å². The quantitative estimate of drug-likeness (QED) is 0.864. The van der Waals surface area contributed by atoms with Crippen LogP contribution in [-0.4, -0.2) is 64.2 Å². The molecule has 3 heterocycles. The molecule has 0 aliphatic carbocycles. The molecule has 1 saturated heterocycles. The monoisotopic (exact) mass is 343 g/mol. The van der Waals surface area contributed by atoms with E-state index in [4.69, 9.17) is 5.11 Å². The van der Waals surface area contributed by atoms with Crippen LogP contribution in [0.2, 0.25) is 0 Å². The Morgan fingerprint density at radius 1 is 1.40 bits per heavy atom. The van der Waals surface area contributed by atoms with Gasteiger partial charge in [-0.05, 0) is 39.1 Å². The molecule has 3 rings (SSSR count). The number of aromatic carboxylic acids is 1. The number of piperidine rings is 1. The van der Waals surface area contributed by atoms with Gasteiger partial charge in [-0.25, -0.2) is 14.8 Å². The van der Waals surface area contributed by atoms with Crippen LogP contribution in [0.3, 0.4) is 0 Å². The molecule has 134 valence electrons. The van der Waals surface area contributed by atoms with Gasteiger partial charge in [-0.1, -0.05) is 6.07 Å². The fraction of sp³-hybridized carbons (Fsp3) is 0.500. The van der Waals surface area contributed by atoms with Gasteiger partial charge in [-0.2, -0.15) is 0 Å². The van der Waals surface area contributed by atoms with E-state index in [1.807, 2.05) is 18.5 Å². The smallest absolute Gasteiger partial charge is 0.354 e. The van der Waals surface area contributed by atoms with E-state index in [1.54, 1.807) is 6.07 Å².